The summed E-state index contributed by atoms with van der Waals surface area (Å²) in [7, 11) is 0. The Morgan fingerprint density at radius 3 is 2.59 bits per heavy atom. The molecule has 0 unspecified atom stereocenters. The van der Waals surface area contributed by atoms with Gasteiger partial charge in [-0.25, -0.2) is 4.99 Å². The number of rotatable bonds is 0. The van der Waals surface area contributed by atoms with Crippen LogP contribution in [0.4, 0.5) is 0 Å². The van der Waals surface area contributed by atoms with Crippen molar-refractivity contribution in [2.45, 2.75) is 0 Å². The third kappa shape index (κ3) is 2.63. The minimum absolute atomic E-state index is 0. The number of benzene rings is 1. The minimum Gasteiger partial charge on any atom is -0.412 e. The average Bonchev–Trinajstić information content (AvgIpc) is 2.53. The molecule has 5 nitrogen and oxygen atoms in total. The molecular formula is C10H11Cl2N3O2. The summed E-state index contributed by atoms with van der Waals surface area (Å²) in [5.74, 6) is 0.376. The van der Waals surface area contributed by atoms with E-state index in [0.717, 1.165) is 10.6 Å². The summed E-state index contributed by atoms with van der Waals surface area (Å²) in [5, 5.41) is 1.90. The van der Waals surface area contributed by atoms with Gasteiger partial charge in [0.25, 0.3) is 5.91 Å². The van der Waals surface area contributed by atoms with Crippen molar-refractivity contribution < 1.29 is 10.3 Å². The first-order valence-electron chi connectivity index (χ1n) is 4.37. The number of nitrogens with zero attached hydrogens (tertiary/aromatic N) is 3. The Hall–Kier alpha value is -1.43. The zero-order valence-electron chi connectivity index (χ0n) is 8.66. The predicted octanol–water partition coefficient (Wildman–Crippen LogP) is -0.725. The van der Waals surface area contributed by atoms with Gasteiger partial charge in [-0.15, -0.1) is 24.8 Å². The SMILES string of the molecule is Cl.Cl.O.O=C1CN2C=c3ccccc3=NC2=N1. The Morgan fingerprint density at radius 2 is 1.82 bits per heavy atom. The molecule has 3 rings (SSSR count). The number of carbonyl (C=O) groups excluding carboxylic acids is 1. The van der Waals surface area contributed by atoms with Gasteiger partial charge in [-0.2, -0.15) is 4.99 Å². The normalized spacial score (nSPS) is 14.7. The third-order valence-electron chi connectivity index (χ3n) is 2.24. The van der Waals surface area contributed by atoms with E-state index in [2.05, 4.69) is 9.98 Å². The lowest BCUT2D eigenvalue weighted by molar-refractivity contribution is -0.116. The maximum absolute atomic E-state index is 11.1. The monoisotopic (exact) mass is 275 g/mol. The maximum atomic E-state index is 11.1. The molecule has 2 N–H and O–H groups in total. The zero-order valence-corrected chi connectivity index (χ0v) is 10.3. The van der Waals surface area contributed by atoms with E-state index in [9.17, 15) is 4.79 Å². The number of hydrogen-bond acceptors (Lipinski definition) is 3. The van der Waals surface area contributed by atoms with E-state index in [4.69, 9.17) is 0 Å². The van der Waals surface area contributed by atoms with Gasteiger partial charge >= 0.3 is 0 Å². The minimum atomic E-state index is -0.132. The molecule has 0 aliphatic carbocycles. The molecule has 7 heteroatoms. The third-order valence-corrected chi connectivity index (χ3v) is 2.24. The number of fused-ring (bicyclic) bond motifs is 2. The van der Waals surface area contributed by atoms with E-state index in [0.29, 0.717) is 12.5 Å². The highest BCUT2D eigenvalue weighted by molar-refractivity contribution is 6.03. The van der Waals surface area contributed by atoms with Crippen LogP contribution in [-0.4, -0.2) is 28.8 Å². The van der Waals surface area contributed by atoms with Crippen molar-refractivity contribution in [2.75, 3.05) is 6.54 Å². The standard InChI is InChI=1S/C10H7N3O.2ClH.H2O/c14-9-6-13-5-7-3-1-2-4-8(7)11-10(13)12-9;;;/h1-5H,6H2;2*1H;1H2. The van der Waals surface area contributed by atoms with Gasteiger partial charge in [-0.1, -0.05) is 18.2 Å². The number of carbonyl (C=O) groups is 1. The van der Waals surface area contributed by atoms with Gasteiger partial charge < -0.3 is 10.4 Å². The summed E-state index contributed by atoms with van der Waals surface area (Å²) in [4.78, 5) is 20.9. The topological polar surface area (TPSA) is 76.5 Å². The molecule has 1 aromatic carbocycles. The Labute approximate surface area is 110 Å². The molecule has 0 aromatic heterocycles. The van der Waals surface area contributed by atoms with E-state index in [1.54, 1.807) is 4.90 Å². The van der Waals surface area contributed by atoms with Crippen LogP contribution < -0.4 is 10.6 Å². The summed E-state index contributed by atoms with van der Waals surface area (Å²) >= 11 is 0. The number of para-hydroxylation sites is 1. The van der Waals surface area contributed by atoms with E-state index in [-0.39, 0.29) is 36.2 Å². The Morgan fingerprint density at radius 1 is 1.12 bits per heavy atom. The fraction of sp³-hybridized carbons (Fsp3) is 0.100. The molecule has 17 heavy (non-hydrogen) atoms. The van der Waals surface area contributed by atoms with Crippen LogP contribution in [0.5, 0.6) is 0 Å². The molecule has 92 valence electrons. The van der Waals surface area contributed by atoms with Crippen LogP contribution in [0, 0.1) is 0 Å². The largest absolute Gasteiger partial charge is 0.412 e. The number of aliphatic imine (C=N–C) groups is 1. The molecule has 0 atom stereocenters. The molecule has 0 bridgehead atoms. The van der Waals surface area contributed by atoms with Crippen molar-refractivity contribution >= 4 is 42.9 Å². The molecule has 2 heterocycles. The second-order valence-electron chi connectivity index (χ2n) is 3.23. The van der Waals surface area contributed by atoms with Gasteiger partial charge in [0.05, 0.1) is 5.36 Å². The highest BCUT2D eigenvalue weighted by atomic mass is 35.5. The van der Waals surface area contributed by atoms with E-state index in [1.165, 1.54) is 0 Å². The molecule has 0 spiro atoms. The van der Waals surface area contributed by atoms with Crippen molar-refractivity contribution in [3.8, 4) is 0 Å². The smallest absolute Gasteiger partial charge is 0.268 e. The first kappa shape index (κ1) is 15.6. The molecule has 2 aliphatic heterocycles. The maximum Gasteiger partial charge on any atom is 0.268 e. The van der Waals surface area contributed by atoms with E-state index < -0.39 is 0 Å². The Kier molecular flexibility index (Phi) is 5.28. The lowest BCUT2D eigenvalue weighted by Gasteiger charge is -2.13. The second kappa shape index (κ2) is 5.77. The quantitative estimate of drug-likeness (QED) is 0.626. The van der Waals surface area contributed by atoms with Crippen LogP contribution in [0.3, 0.4) is 0 Å². The first-order valence-corrected chi connectivity index (χ1v) is 4.37. The number of hydrogen-bond donors (Lipinski definition) is 0. The van der Waals surface area contributed by atoms with Gasteiger partial charge in [-0.05, 0) is 6.07 Å². The Balaban J connectivity index is 0.000000853. The summed E-state index contributed by atoms with van der Waals surface area (Å²) in [5.41, 5.74) is 0. The fourth-order valence-electron chi connectivity index (χ4n) is 1.59. The first-order chi connectivity index (χ1) is 6.83. The summed E-state index contributed by atoms with van der Waals surface area (Å²) < 4.78 is 0. The molecule has 1 amide bonds. The zero-order chi connectivity index (χ0) is 9.54. The van der Waals surface area contributed by atoms with Crippen LogP contribution >= 0.6 is 24.8 Å². The second-order valence-corrected chi connectivity index (χ2v) is 3.23. The van der Waals surface area contributed by atoms with Crippen LogP contribution in [0.1, 0.15) is 0 Å². The fourth-order valence-corrected chi connectivity index (χ4v) is 1.59. The van der Waals surface area contributed by atoms with Crippen molar-refractivity contribution in [2.24, 2.45) is 9.98 Å². The van der Waals surface area contributed by atoms with Gasteiger partial charge in [0.1, 0.15) is 6.54 Å². The van der Waals surface area contributed by atoms with E-state index >= 15 is 0 Å². The summed E-state index contributed by atoms with van der Waals surface area (Å²) in [6.07, 6.45) is 1.91. The highest BCUT2D eigenvalue weighted by Gasteiger charge is 2.22. The van der Waals surface area contributed by atoms with Gasteiger partial charge in [0.15, 0.2) is 0 Å². The number of guanidine groups is 1. The van der Waals surface area contributed by atoms with Crippen molar-refractivity contribution in [1.82, 2.24) is 4.90 Å². The van der Waals surface area contributed by atoms with Crippen molar-refractivity contribution in [3.05, 3.63) is 34.8 Å². The Bertz CT molecular complexity index is 571. The van der Waals surface area contributed by atoms with E-state index in [1.807, 2.05) is 30.5 Å². The van der Waals surface area contributed by atoms with Crippen molar-refractivity contribution in [3.63, 3.8) is 0 Å². The van der Waals surface area contributed by atoms with Gasteiger partial charge in [0.2, 0.25) is 5.96 Å². The predicted molar refractivity (Wildman–Crippen MR) is 68.9 cm³/mol. The summed E-state index contributed by atoms with van der Waals surface area (Å²) in [6.45, 7) is 0.313. The molecule has 0 radical (unpaired) electrons. The molecule has 0 saturated carbocycles. The molecule has 1 aromatic rings. The number of halogens is 2. The van der Waals surface area contributed by atoms with Crippen LogP contribution in [0.25, 0.3) is 6.20 Å². The summed E-state index contributed by atoms with van der Waals surface area (Å²) in [6, 6.07) is 7.75. The number of amides is 1. The van der Waals surface area contributed by atoms with Gasteiger partial charge in [0, 0.05) is 11.4 Å². The van der Waals surface area contributed by atoms with Crippen molar-refractivity contribution in [1.29, 1.82) is 0 Å². The lowest BCUT2D eigenvalue weighted by Crippen LogP contribution is -2.37. The van der Waals surface area contributed by atoms with Crippen LogP contribution in [0.2, 0.25) is 0 Å². The molecule has 0 saturated heterocycles. The lowest BCUT2D eigenvalue weighted by atomic mass is 10.3. The van der Waals surface area contributed by atoms with Gasteiger partial charge in [-0.3, -0.25) is 4.79 Å². The average molecular weight is 276 g/mol. The van der Waals surface area contributed by atoms with Crippen LogP contribution in [0.15, 0.2) is 34.3 Å². The molecule has 2 aliphatic rings. The van der Waals surface area contributed by atoms with Crippen LogP contribution in [-0.2, 0) is 4.79 Å². The molecule has 0 fully saturated rings. The molecular weight excluding hydrogens is 265 g/mol. The highest BCUT2D eigenvalue weighted by Crippen LogP contribution is 2.05.